The van der Waals surface area contributed by atoms with Crippen molar-refractivity contribution in [2.24, 2.45) is 23.2 Å². The summed E-state index contributed by atoms with van der Waals surface area (Å²) in [5, 5.41) is 15.3. The monoisotopic (exact) mass is 402 g/mol. The first kappa shape index (κ1) is 19.3. The fourth-order valence-corrected chi connectivity index (χ4v) is 7.00. The molecule has 0 spiro atoms. The summed E-state index contributed by atoms with van der Waals surface area (Å²) >= 11 is 0. The van der Waals surface area contributed by atoms with Crippen LogP contribution in [0.25, 0.3) is 0 Å². The highest BCUT2D eigenvalue weighted by Crippen LogP contribution is 2.61. The summed E-state index contributed by atoms with van der Waals surface area (Å²) in [6, 6.07) is 18.3. The van der Waals surface area contributed by atoms with E-state index in [1.807, 2.05) is 60.7 Å². The lowest BCUT2D eigenvalue weighted by atomic mass is 9.47. The second-order valence-electron chi connectivity index (χ2n) is 9.79. The maximum absolute atomic E-state index is 13.5. The number of hydrogen-bond donors (Lipinski definition) is 1. The minimum atomic E-state index is -1.13. The van der Waals surface area contributed by atoms with E-state index in [2.05, 4.69) is 5.32 Å². The Hall–Kier alpha value is -2.62. The Morgan fingerprint density at radius 2 is 1.23 bits per heavy atom. The Labute approximate surface area is 177 Å². The van der Waals surface area contributed by atoms with Crippen molar-refractivity contribution in [2.75, 3.05) is 0 Å². The van der Waals surface area contributed by atoms with Gasteiger partial charge in [-0.25, -0.2) is 0 Å². The zero-order valence-corrected chi connectivity index (χ0v) is 17.1. The van der Waals surface area contributed by atoms with Crippen LogP contribution in [0.1, 0.15) is 55.6 Å². The van der Waals surface area contributed by atoms with Gasteiger partial charge in [0, 0.05) is 0 Å². The van der Waals surface area contributed by atoms with Crippen LogP contribution in [0.2, 0.25) is 0 Å². The molecular formula is C26H28NO3-. The van der Waals surface area contributed by atoms with Crippen LogP contribution < -0.4 is 10.4 Å². The van der Waals surface area contributed by atoms with Crippen molar-refractivity contribution in [3.05, 3.63) is 71.8 Å². The van der Waals surface area contributed by atoms with E-state index in [0.29, 0.717) is 17.8 Å². The van der Waals surface area contributed by atoms with Gasteiger partial charge in [0.25, 0.3) is 0 Å². The molecule has 4 heteroatoms. The van der Waals surface area contributed by atoms with Crippen molar-refractivity contribution < 1.29 is 14.7 Å². The van der Waals surface area contributed by atoms with Crippen molar-refractivity contribution in [1.29, 1.82) is 0 Å². The third-order valence-corrected chi connectivity index (χ3v) is 7.75. The number of benzene rings is 2. The Balaban J connectivity index is 1.46. The van der Waals surface area contributed by atoms with E-state index in [1.165, 1.54) is 19.3 Å². The highest BCUT2D eigenvalue weighted by molar-refractivity contribution is 5.90. The zero-order valence-electron chi connectivity index (χ0n) is 17.1. The first-order valence-electron chi connectivity index (χ1n) is 11.2. The van der Waals surface area contributed by atoms with E-state index in [1.54, 1.807) is 0 Å². The molecule has 0 aliphatic heterocycles. The van der Waals surface area contributed by atoms with E-state index in [0.717, 1.165) is 30.4 Å². The first-order chi connectivity index (χ1) is 14.5. The molecule has 1 N–H and O–H groups in total. The Bertz CT molecular complexity index is 849. The standard InChI is InChI=1S/C26H29NO3/c28-24(22(20-7-3-1-4-8-20)21-9-5-2-6-10-21)27-23(25(29)30)26-14-17-11-18(15-26)13-19(12-17)16-26/h1-10,17-19,22-23H,11-16H2,(H,27,28)(H,29,30)/p-1/t17?,18?,19?,23-,26?/m0/s1. The quantitative estimate of drug-likeness (QED) is 0.806. The van der Waals surface area contributed by atoms with Gasteiger partial charge in [0.15, 0.2) is 0 Å². The van der Waals surface area contributed by atoms with Gasteiger partial charge in [-0.1, -0.05) is 60.7 Å². The fraction of sp³-hybridized carbons (Fsp3) is 0.462. The van der Waals surface area contributed by atoms with Crippen molar-refractivity contribution in [3.8, 4) is 0 Å². The lowest BCUT2D eigenvalue weighted by Crippen LogP contribution is -2.63. The summed E-state index contributed by atoms with van der Waals surface area (Å²) in [6.07, 6.45) is 6.38. The van der Waals surface area contributed by atoms with Gasteiger partial charge < -0.3 is 15.2 Å². The highest BCUT2D eigenvalue weighted by atomic mass is 16.4. The van der Waals surface area contributed by atoms with E-state index >= 15 is 0 Å². The molecule has 156 valence electrons. The number of nitrogens with one attached hydrogen (secondary N) is 1. The highest BCUT2D eigenvalue weighted by Gasteiger charge is 2.55. The maximum atomic E-state index is 13.5. The molecule has 4 aliphatic rings. The van der Waals surface area contributed by atoms with Crippen LogP contribution >= 0.6 is 0 Å². The molecule has 0 heterocycles. The number of amides is 1. The molecule has 4 bridgehead atoms. The smallest absolute Gasteiger partial charge is 0.232 e. The predicted molar refractivity (Wildman–Crippen MR) is 112 cm³/mol. The SMILES string of the molecule is O=C(N[C@@H](C(=O)[O-])C12CC3CC(CC(C3)C1)C2)C(c1ccccc1)c1ccccc1. The summed E-state index contributed by atoms with van der Waals surface area (Å²) in [5.74, 6) is -0.109. The molecule has 2 aromatic carbocycles. The van der Waals surface area contributed by atoms with Gasteiger partial charge in [0.2, 0.25) is 5.91 Å². The molecule has 30 heavy (non-hydrogen) atoms. The molecule has 0 saturated heterocycles. The number of carbonyl (C=O) groups is 2. The molecule has 6 rings (SSSR count). The van der Waals surface area contributed by atoms with Crippen LogP contribution in [-0.2, 0) is 9.59 Å². The van der Waals surface area contributed by atoms with E-state index in [-0.39, 0.29) is 11.3 Å². The molecular weight excluding hydrogens is 374 g/mol. The second kappa shape index (κ2) is 7.57. The van der Waals surface area contributed by atoms with Crippen LogP contribution in [0.4, 0.5) is 0 Å². The fourth-order valence-electron chi connectivity index (χ4n) is 7.00. The summed E-state index contributed by atoms with van der Waals surface area (Å²) in [4.78, 5) is 25.9. The van der Waals surface area contributed by atoms with Crippen molar-refractivity contribution in [2.45, 2.75) is 50.5 Å². The molecule has 1 atom stereocenters. The third kappa shape index (κ3) is 3.42. The van der Waals surface area contributed by atoms with Crippen LogP contribution in [0, 0.1) is 23.2 Å². The third-order valence-electron chi connectivity index (χ3n) is 7.75. The van der Waals surface area contributed by atoms with Crippen molar-refractivity contribution in [1.82, 2.24) is 5.32 Å². The molecule has 1 amide bonds. The van der Waals surface area contributed by atoms with E-state index in [4.69, 9.17) is 0 Å². The predicted octanol–water partition coefficient (Wildman–Crippen LogP) is 3.27. The average molecular weight is 403 g/mol. The number of carboxylic acid groups (broad SMARTS) is 1. The van der Waals surface area contributed by atoms with Gasteiger partial charge in [-0.05, 0) is 72.8 Å². The molecule has 2 aromatic rings. The summed E-state index contributed by atoms with van der Waals surface area (Å²) in [6.45, 7) is 0. The molecule has 0 unspecified atom stereocenters. The van der Waals surface area contributed by atoms with Gasteiger partial charge in [0.1, 0.15) is 0 Å². The molecule has 4 fully saturated rings. The van der Waals surface area contributed by atoms with Gasteiger partial charge in [0.05, 0.1) is 17.9 Å². The molecule has 4 saturated carbocycles. The average Bonchev–Trinajstić information content (AvgIpc) is 2.72. The first-order valence-corrected chi connectivity index (χ1v) is 11.2. The Kier molecular flexibility index (Phi) is 4.88. The van der Waals surface area contributed by atoms with Crippen molar-refractivity contribution >= 4 is 11.9 Å². The molecule has 4 aliphatic carbocycles. The van der Waals surface area contributed by atoms with Crippen LogP contribution in [0.5, 0.6) is 0 Å². The van der Waals surface area contributed by atoms with Gasteiger partial charge in [-0.3, -0.25) is 4.79 Å². The summed E-state index contributed by atoms with van der Waals surface area (Å²) in [7, 11) is 0. The van der Waals surface area contributed by atoms with Crippen LogP contribution in [0.3, 0.4) is 0 Å². The largest absolute Gasteiger partial charge is 0.548 e. The van der Waals surface area contributed by atoms with Gasteiger partial charge >= 0.3 is 0 Å². The molecule has 4 nitrogen and oxygen atoms in total. The lowest BCUT2D eigenvalue weighted by Gasteiger charge is -2.59. The Morgan fingerprint density at radius 3 is 1.63 bits per heavy atom. The van der Waals surface area contributed by atoms with E-state index in [9.17, 15) is 14.7 Å². The minimum absolute atomic E-state index is 0.252. The molecule has 0 radical (unpaired) electrons. The van der Waals surface area contributed by atoms with Crippen LogP contribution in [-0.4, -0.2) is 17.9 Å². The summed E-state index contributed by atoms with van der Waals surface area (Å²) in [5.41, 5.74) is 1.38. The number of aliphatic carboxylic acids is 1. The summed E-state index contributed by atoms with van der Waals surface area (Å²) < 4.78 is 0. The minimum Gasteiger partial charge on any atom is -0.548 e. The van der Waals surface area contributed by atoms with Crippen molar-refractivity contribution in [3.63, 3.8) is 0 Å². The van der Waals surface area contributed by atoms with E-state index < -0.39 is 17.9 Å². The topological polar surface area (TPSA) is 69.2 Å². The number of rotatable bonds is 6. The normalized spacial score (nSPS) is 30.2. The van der Waals surface area contributed by atoms with Gasteiger partial charge in [-0.15, -0.1) is 0 Å². The number of carboxylic acids is 1. The zero-order chi connectivity index (χ0) is 20.7. The number of hydrogen-bond acceptors (Lipinski definition) is 3. The second-order valence-corrected chi connectivity index (χ2v) is 9.79. The molecule has 0 aromatic heterocycles. The maximum Gasteiger partial charge on any atom is 0.232 e. The van der Waals surface area contributed by atoms with Gasteiger partial charge in [-0.2, -0.15) is 0 Å². The van der Waals surface area contributed by atoms with Crippen LogP contribution in [0.15, 0.2) is 60.7 Å². The number of carbonyl (C=O) groups excluding carboxylic acids is 2. The Morgan fingerprint density at radius 1 is 0.800 bits per heavy atom. The lowest BCUT2D eigenvalue weighted by molar-refractivity contribution is -0.313.